The minimum Gasteiger partial charge on any atom is -0.338 e. The number of anilines is 3. The van der Waals surface area contributed by atoms with Gasteiger partial charge in [-0.15, -0.1) is 0 Å². The number of nitrogen functional groups attached to an aromatic ring is 1. The van der Waals surface area contributed by atoms with Gasteiger partial charge in [0.1, 0.15) is 23.8 Å². The summed E-state index contributed by atoms with van der Waals surface area (Å²) >= 11 is 5.77. The first kappa shape index (κ1) is 11.6. The monoisotopic (exact) mass is 253 g/mol. The number of aromatic nitrogens is 2. The fourth-order valence-electron chi connectivity index (χ4n) is 1.24. The van der Waals surface area contributed by atoms with Gasteiger partial charge in [-0.25, -0.2) is 20.2 Å². The SMILES string of the molecule is NNc1cc(Nc2cc(Cl)ccc2F)ncn1. The largest absolute Gasteiger partial charge is 0.338 e. The van der Waals surface area contributed by atoms with Gasteiger partial charge in [0, 0.05) is 11.1 Å². The van der Waals surface area contributed by atoms with Crippen molar-refractivity contribution >= 4 is 28.9 Å². The van der Waals surface area contributed by atoms with Gasteiger partial charge >= 0.3 is 0 Å². The van der Waals surface area contributed by atoms with E-state index in [4.69, 9.17) is 17.4 Å². The van der Waals surface area contributed by atoms with E-state index < -0.39 is 5.82 Å². The Hall–Kier alpha value is -1.92. The van der Waals surface area contributed by atoms with Crippen LogP contribution < -0.4 is 16.6 Å². The van der Waals surface area contributed by atoms with Crippen molar-refractivity contribution in [1.82, 2.24) is 9.97 Å². The molecule has 2 aromatic rings. The van der Waals surface area contributed by atoms with Crippen molar-refractivity contribution in [2.45, 2.75) is 0 Å². The summed E-state index contributed by atoms with van der Waals surface area (Å²) in [6, 6.07) is 5.75. The van der Waals surface area contributed by atoms with Crippen LogP contribution in [0.2, 0.25) is 5.02 Å². The molecule has 0 aliphatic heterocycles. The van der Waals surface area contributed by atoms with E-state index in [0.717, 1.165) is 0 Å². The van der Waals surface area contributed by atoms with Gasteiger partial charge in [-0.1, -0.05) is 11.6 Å². The highest BCUT2D eigenvalue weighted by atomic mass is 35.5. The average Bonchev–Trinajstić information content (AvgIpc) is 2.34. The second-order valence-electron chi connectivity index (χ2n) is 3.18. The number of benzene rings is 1. The summed E-state index contributed by atoms with van der Waals surface area (Å²) in [6.45, 7) is 0. The van der Waals surface area contributed by atoms with Gasteiger partial charge < -0.3 is 10.7 Å². The Bertz CT molecular complexity index is 534. The van der Waals surface area contributed by atoms with Crippen molar-refractivity contribution < 1.29 is 4.39 Å². The zero-order chi connectivity index (χ0) is 12.3. The summed E-state index contributed by atoms with van der Waals surface area (Å²) in [5.41, 5.74) is 2.60. The molecular weight excluding hydrogens is 245 g/mol. The van der Waals surface area contributed by atoms with Crippen LogP contribution in [0.15, 0.2) is 30.6 Å². The molecule has 88 valence electrons. The van der Waals surface area contributed by atoms with Gasteiger partial charge in [-0.05, 0) is 18.2 Å². The molecule has 1 aromatic carbocycles. The van der Waals surface area contributed by atoms with E-state index in [-0.39, 0.29) is 5.69 Å². The van der Waals surface area contributed by atoms with Crippen LogP contribution in [-0.2, 0) is 0 Å². The number of nitrogens with zero attached hydrogens (tertiary/aromatic N) is 2. The molecule has 0 fully saturated rings. The Morgan fingerprint density at radius 1 is 1.18 bits per heavy atom. The molecule has 0 bridgehead atoms. The zero-order valence-corrected chi connectivity index (χ0v) is 9.37. The second-order valence-corrected chi connectivity index (χ2v) is 3.62. The molecule has 5 nitrogen and oxygen atoms in total. The molecule has 1 aromatic heterocycles. The number of hydrogen-bond donors (Lipinski definition) is 3. The predicted molar refractivity (Wildman–Crippen MR) is 64.5 cm³/mol. The molecule has 0 radical (unpaired) electrons. The number of nitrogens with one attached hydrogen (secondary N) is 2. The van der Waals surface area contributed by atoms with Crippen LogP contribution in [0.1, 0.15) is 0 Å². The number of hydrazine groups is 1. The van der Waals surface area contributed by atoms with E-state index in [1.807, 2.05) is 0 Å². The van der Waals surface area contributed by atoms with Crippen molar-refractivity contribution in [1.29, 1.82) is 0 Å². The van der Waals surface area contributed by atoms with Gasteiger partial charge in [0.05, 0.1) is 5.69 Å². The molecule has 0 aliphatic carbocycles. The van der Waals surface area contributed by atoms with Crippen LogP contribution in [0.5, 0.6) is 0 Å². The average molecular weight is 254 g/mol. The molecule has 0 saturated carbocycles. The maximum atomic E-state index is 13.4. The number of rotatable bonds is 3. The maximum absolute atomic E-state index is 13.4. The molecule has 1 heterocycles. The summed E-state index contributed by atoms with van der Waals surface area (Å²) < 4.78 is 13.4. The third-order valence-corrected chi connectivity index (χ3v) is 2.24. The second kappa shape index (κ2) is 4.94. The summed E-state index contributed by atoms with van der Waals surface area (Å²) in [7, 11) is 0. The molecular formula is C10H9ClFN5. The molecule has 0 unspecified atom stereocenters. The van der Waals surface area contributed by atoms with Crippen molar-refractivity contribution in [3.05, 3.63) is 41.4 Å². The van der Waals surface area contributed by atoms with E-state index in [9.17, 15) is 4.39 Å². The normalized spacial score (nSPS) is 10.1. The van der Waals surface area contributed by atoms with Gasteiger partial charge in [0.2, 0.25) is 0 Å². The highest BCUT2D eigenvalue weighted by molar-refractivity contribution is 6.30. The lowest BCUT2D eigenvalue weighted by atomic mass is 10.3. The molecule has 0 saturated heterocycles. The Morgan fingerprint density at radius 3 is 2.71 bits per heavy atom. The number of nitrogens with two attached hydrogens (primary N) is 1. The lowest BCUT2D eigenvalue weighted by Gasteiger charge is -2.07. The van der Waals surface area contributed by atoms with E-state index in [2.05, 4.69) is 20.7 Å². The van der Waals surface area contributed by atoms with Gasteiger partial charge in [-0.3, -0.25) is 0 Å². The van der Waals surface area contributed by atoms with Crippen LogP contribution in [-0.4, -0.2) is 9.97 Å². The van der Waals surface area contributed by atoms with E-state index >= 15 is 0 Å². The molecule has 0 atom stereocenters. The molecule has 0 amide bonds. The van der Waals surface area contributed by atoms with Crippen molar-refractivity contribution in [2.24, 2.45) is 5.84 Å². The summed E-state index contributed by atoms with van der Waals surface area (Å²) in [5.74, 6) is 5.61. The van der Waals surface area contributed by atoms with Crippen molar-refractivity contribution in [3.63, 3.8) is 0 Å². The van der Waals surface area contributed by atoms with Gasteiger partial charge in [0.15, 0.2) is 0 Å². The number of hydrogen-bond acceptors (Lipinski definition) is 5. The molecule has 7 heteroatoms. The Labute approximate surface area is 102 Å². The summed E-state index contributed by atoms with van der Waals surface area (Å²) in [5, 5.41) is 3.21. The van der Waals surface area contributed by atoms with Crippen LogP contribution in [0.25, 0.3) is 0 Å². The van der Waals surface area contributed by atoms with Crippen molar-refractivity contribution in [3.8, 4) is 0 Å². The standard InChI is InChI=1S/C10H9ClFN5/c11-6-1-2-7(12)8(3-6)16-9-4-10(17-13)15-5-14-9/h1-5H,13H2,(H2,14,15,16,17). The molecule has 4 N–H and O–H groups in total. The summed E-state index contributed by atoms with van der Waals surface area (Å²) in [4.78, 5) is 7.76. The molecule has 0 aliphatic rings. The van der Waals surface area contributed by atoms with E-state index in [1.165, 1.54) is 24.5 Å². The van der Waals surface area contributed by atoms with Gasteiger partial charge in [0.25, 0.3) is 0 Å². The van der Waals surface area contributed by atoms with Crippen LogP contribution in [0.4, 0.5) is 21.7 Å². The quantitative estimate of drug-likeness (QED) is 0.578. The van der Waals surface area contributed by atoms with Crippen LogP contribution in [0, 0.1) is 5.82 Å². The van der Waals surface area contributed by atoms with Crippen LogP contribution >= 0.6 is 11.6 Å². The third kappa shape index (κ3) is 2.80. The van der Waals surface area contributed by atoms with E-state index in [1.54, 1.807) is 6.07 Å². The van der Waals surface area contributed by atoms with Gasteiger partial charge in [-0.2, -0.15) is 0 Å². The number of halogens is 2. The lowest BCUT2D eigenvalue weighted by molar-refractivity contribution is 0.632. The maximum Gasteiger partial charge on any atom is 0.146 e. The Morgan fingerprint density at radius 2 is 1.94 bits per heavy atom. The van der Waals surface area contributed by atoms with Crippen LogP contribution in [0.3, 0.4) is 0 Å². The topological polar surface area (TPSA) is 75.9 Å². The minimum absolute atomic E-state index is 0.235. The fourth-order valence-corrected chi connectivity index (χ4v) is 1.41. The molecule has 0 spiro atoms. The first-order valence-corrected chi connectivity index (χ1v) is 5.07. The lowest BCUT2D eigenvalue weighted by Crippen LogP contribution is -2.09. The molecule has 17 heavy (non-hydrogen) atoms. The molecule has 2 rings (SSSR count). The fraction of sp³-hybridized carbons (Fsp3) is 0. The minimum atomic E-state index is -0.421. The highest BCUT2D eigenvalue weighted by Crippen LogP contribution is 2.23. The van der Waals surface area contributed by atoms with Crippen molar-refractivity contribution in [2.75, 3.05) is 10.7 Å². The Balaban J connectivity index is 2.27. The predicted octanol–water partition coefficient (Wildman–Crippen LogP) is 2.30. The summed E-state index contributed by atoms with van der Waals surface area (Å²) in [6.07, 6.45) is 1.31. The Kier molecular flexibility index (Phi) is 3.36. The first-order chi connectivity index (χ1) is 8.19. The van der Waals surface area contributed by atoms with E-state index in [0.29, 0.717) is 16.7 Å². The smallest absolute Gasteiger partial charge is 0.146 e. The zero-order valence-electron chi connectivity index (χ0n) is 8.61. The highest BCUT2D eigenvalue weighted by Gasteiger charge is 2.04. The first-order valence-electron chi connectivity index (χ1n) is 4.70. The third-order valence-electron chi connectivity index (χ3n) is 2.01.